The Balaban J connectivity index is 1.83. The zero-order valence-corrected chi connectivity index (χ0v) is 47.9. The molecule has 8 atom stereocenters. The Bertz CT molecular complexity index is 2580. The lowest BCUT2D eigenvalue weighted by molar-refractivity contribution is -0.143. The number of carbonyl (C=O) groups excluding carboxylic acids is 11. The SMILES string of the molecule is COc1ccc(C[C@@H]2NC(=O)[C@H](CC(=O)O)NC(=O)CNC(=O)[C@H](CCCN=C(N)N)NC(=O)[C@@H]3CCCN3C(=O)[C@H](CC(N)=O)NC(=O)C(NC(C)=O)C3(CCCCC3)SSC[C@@H](C(N)=O)NC(=O)[C@H](CCCN=C(N)N)NC2=O)cc1. The van der Waals surface area contributed by atoms with E-state index in [1.807, 2.05) is 0 Å². The van der Waals surface area contributed by atoms with Gasteiger partial charge in [0.2, 0.25) is 65.0 Å². The van der Waals surface area contributed by atoms with Crippen LogP contribution < -0.4 is 81.7 Å². The Hall–Kier alpha value is -8.10. The molecule has 1 unspecified atom stereocenters. The van der Waals surface area contributed by atoms with Crippen molar-refractivity contribution in [3.05, 3.63) is 29.8 Å². The summed E-state index contributed by atoms with van der Waals surface area (Å²) in [6.45, 7) is 0.229. The number of guanidine groups is 2. The van der Waals surface area contributed by atoms with Crippen molar-refractivity contribution in [3.8, 4) is 5.75 Å². The molecule has 0 aromatic heterocycles. The summed E-state index contributed by atoms with van der Waals surface area (Å²) in [5.41, 5.74) is 34.0. The molecule has 1 aliphatic carbocycles. The fraction of sp³-hybridized carbons (Fsp3) is 0.600. The molecular formula is C50H77N17O14S2. The van der Waals surface area contributed by atoms with Gasteiger partial charge in [-0.2, -0.15) is 0 Å². The average molecular weight is 1200 g/mol. The van der Waals surface area contributed by atoms with Crippen LogP contribution in [0.4, 0.5) is 0 Å². The van der Waals surface area contributed by atoms with Gasteiger partial charge in [0.05, 0.1) is 31.2 Å². The summed E-state index contributed by atoms with van der Waals surface area (Å²) < 4.78 is 4.11. The first kappa shape index (κ1) is 67.4. The van der Waals surface area contributed by atoms with E-state index in [4.69, 9.17) is 39.1 Å². The Morgan fingerprint density at radius 2 is 1.27 bits per heavy atom. The molecule has 83 heavy (non-hydrogen) atoms. The van der Waals surface area contributed by atoms with Crippen molar-refractivity contribution in [1.29, 1.82) is 0 Å². The molecule has 33 heteroatoms. The summed E-state index contributed by atoms with van der Waals surface area (Å²) in [4.78, 5) is 174. The predicted octanol–water partition coefficient (Wildman–Crippen LogP) is -5.20. The zero-order chi connectivity index (χ0) is 61.4. The first-order valence-electron chi connectivity index (χ1n) is 26.8. The number of rotatable bonds is 17. The van der Waals surface area contributed by atoms with Gasteiger partial charge in [0, 0.05) is 38.7 Å². The van der Waals surface area contributed by atoms with Crippen LogP contribution in [0.2, 0.25) is 0 Å². The molecule has 1 saturated carbocycles. The molecule has 1 spiro atoms. The maximum Gasteiger partial charge on any atom is 0.305 e. The summed E-state index contributed by atoms with van der Waals surface area (Å²) in [5, 5.41) is 30.1. The number of amides is 11. The number of primary amides is 2. The molecular weight excluding hydrogens is 1130 g/mol. The standard InChI is InChI=1S/C50H77N17O14S2/c1-26(68)60-39-46(79)65-33(22-36(51)69)47(80)67-20-8-11-35(67)45(78)63-29(9-6-18-57-48(53)54)41(74)59-24-37(70)61-32(23-38(71)72)44(77)64-31(21-27-12-14-28(81-2)15-13-27)43(76)62-30(10-7-19-58-49(55)56)42(75)66-34(40(52)73)25-82-83-50(39)16-4-3-5-17-50/h12-15,29-35,39H,3-11,16-25H2,1-2H3,(H2,51,69)(H2,52,73)(H,59,74)(H,60,68)(H,61,70)(H,62,76)(H,63,78)(H,64,77)(H,65,79)(H,66,75)(H,71,72)(H4,53,54,57)(H4,55,56,58)/t29-,30-,31-,32-,33-,34-,35-,39?/m0/s1. The van der Waals surface area contributed by atoms with Crippen LogP contribution >= 0.6 is 21.6 Å². The van der Waals surface area contributed by atoms with Crippen LogP contribution in [0.3, 0.4) is 0 Å². The highest BCUT2D eigenvalue weighted by molar-refractivity contribution is 8.77. The average Bonchev–Trinajstić information content (AvgIpc) is 3.96. The van der Waals surface area contributed by atoms with Crippen LogP contribution in [0.25, 0.3) is 0 Å². The molecule has 3 aliphatic rings. The molecule has 2 saturated heterocycles. The number of aliphatic imine (C=N–C) groups is 2. The highest BCUT2D eigenvalue weighted by Crippen LogP contribution is 2.48. The summed E-state index contributed by atoms with van der Waals surface area (Å²) in [5.74, 6) is -12.2. The largest absolute Gasteiger partial charge is 0.497 e. The van der Waals surface area contributed by atoms with E-state index in [0.29, 0.717) is 37.0 Å². The van der Waals surface area contributed by atoms with E-state index in [9.17, 15) is 62.6 Å². The highest BCUT2D eigenvalue weighted by Gasteiger charge is 2.48. The fourth-order valence-electron chi connectivity index (χ4n) is 9.54. The second-order valence-corrected chi connectivity index (χ2v) is 22.8. The first-order valence-corrected chi connectivity index (χ1v) is 29.1. The second kappa shape index (κ2) is 33.1. The molecule has 11 amide bonds. The van der Waals surface area contributed by atoms with E-state index in [0.717, 1.165) is 32.9 Å². The van der Waals surface area contributed by atoms with Gasteiger partial charge in [-0.3, -0.25) is 67.5 Å². The normalized spacial score (nSPS) is 24.6. The summed E-state index contributed by atoms with van der Waals surface area (Å²) in [6.07, 6.45) is 0.692. The number of hydrogen-bond acceptors (Lipinski definition) is 17. The van der Waals surface area contributed by atoms with Crippen molar-refractivity contribution >= 4 is 104 Å². The monoisotopic (exact) mass is 1200 g/mol. The van der Waals surface area contributed by atoms with Crippen LogP contribution in [0.15, 0.2) is 34.3 Å². The van der Waals surface area contributed by atoms with E-state index in [1.54, 1.807) is 24.3 Å². The van der Waals surface area contributed by atoms with E-state index in [-0.39, 0.29) is 82.3 Å². The quantitative estimate of drug-likeness (QED) is 0.0300. The van der Waals surface area contributed by atoms with Gasteiger partial charge in [-0.1, -0.05) is 53.0 Å². The van der Waals surface area contributed by atoms with E-state index in [2.05, 4.69) is 52.5 Å². The summed E-state index contributed by atoms with van der Waals surface area (Å²) in [6, 6.07) is -5.84. The van der Waals surface area contributed by atoms with E-state index < -0.39 is 143 Å². The second-order valence-electron chi connectivity index (χ2n) is 20.1. The van der Waals surface area contributed by atoms with Crippen LogP contribution in [0.5, 0.6) is 5.75 Å². The maximum atomic E-state index is 14.7. The van der Waals surface area contributed by atoms with E-state index >= 15 is 0 Å². The fourth-order valence-corrected chi connectivity index (χ4v) is 13.0. The summed E-state index contributed by atoms with van der Waals surface area (Å²) >= 11 is 0. The lowest BCUT2D eigenvalue weighted by Gasteiger charge is -2.42. The number of carbonyl (C=O) groups is 12. The van der Waals surface area contributed by atoms with Crippen LogP contribution in [0.1, 0.15) is 96.0 Å². The number of carboxylic acids is 1. The van der Waals surface area contributed by atoms with Gasteiger partial charge in [-0.05, 0) is 69.1 Å². The molecule has 4 rings (SSSR count). The minimum Gasteiger partial charge on any atom is -0.497 e. The number of nitrogens with zero attached hydrogens (tertiary/aromatic N) is 3. The van der Waals surface area contributed by atoms with Crippen molar-refractivity contribution in [2.45, 2.75) is 150 Å². The minimum atomic E-state index is -1.88. The molecule has 2 aliphatic heterocycles. The number of benzene rings is 1. The third kappa shape index (κ3) is 22.0. The number of carboxylic acid groups (broad SMARTS) is 1. The Labute approximate surface area is 486 Å². The lowest BCUT2D eigenvalue weighted by atomic mass is 9.82. The van der Waals surface area contributed by atoms with Crippen LogP contribution in [-0.4, -0.2) is 185 Å². The van der Waals surface area contributed by atoms with Gasteiger partial charge in [-0.25, -0.2) is 0 Å². The number of hydrogen-bond donors (Lipinski definition) is 15. The van der Waals surface area contributed by atoms with Gasteiger partial charge in [0.15, 0.2) is 11.9 Å². The molecule has 1 aromatic carbocycles. The number of methoxy groups -OCH3 is 1. The highest BCUT2D eigenvalue weighted by atomic mass is 33.1. The Morgan fingerprint density at radius 1 is 0.699 bits per heavy atom. The topological polar surface area (TPSA) is 515 Å². The third-order valence-electron chi connectivity index (χ3n) is 13.7. The Kier molecular flexibility index (Phi) is 26.9. The molecule has 3 fully saturated rings. The smallest absolute Gasteiger partial charge is 0.305 e. The number of nitrogens with two attached hydrogens (primary N) is 6. The molecule has 21 N–H and O–H groups in total. The Morgan fingerprint density at radius 3 is 1.83 bits per heavy atom. The van der Waals surface area contributed by atoms with Crippen LogP contribution in [-0.2, 0) is 64.0 Å². The molecule has 31 nitrogen and oxygen atoms in total. The van der Waals surface area contributed by atoms with Crippen LogP contribution in [0, 0.1) is 0 Å². The molecule has 0 bridgehead atoms. The van der Waals surface area contributed by atoms with Gasteiger partial charge in [0.1, 0.15) is 54.1 Å². The van der Waals surface area contributed by atoms with E-state index in [1.165, 1.54) is 14.0 Å². The summed E-state index contributed by atoms with van der Waals surface area (Å²) in [7, 11) is 3.59. The molecule has 458 valence electrons. The predicted molar refractivity (Wildman–Crippen MR) is 305 cm³/mol. The number of fused-ring (bicyclic) bond motifs is 1. The number of nitrogens with one attached hydrogen (secondary N) is 8. The van der Waals surface area contributed by atoms with Crippen molar-refractivity contribution < 1.29 is 67.4 Å². The lowest BCUT2D eigenvalue weighted by Crippen LogP contribution is -2.62. The van der Waals surface area contributed by atoms with Crippen molar-refractivity contribution in [2.24, 2.45) is 44.4 Å². The molecule has 2 heterocycles. The molecule has 1 aromatic rings. The first-order chi connectivity index (χ1) is 39.3. The maximum absolute atomic E-state index is 14.7. The van der Waals surface area contributed by atoms with Gasteiger partial charge in [-0.15, -0.1) is 0 Å². The van der Waals surface area contributed by atoms with Gasteiger partial charge in [0.25, 0.3) is 0 Å². The van der Waals surface area contributed by atoms with Gasteiger partial charge < -0.3 is 91.7 Å². The van der Waals surface area contributed by atoms with Crippen molar-refractivity contribution in [2.75, 3.05) is 39.0 Å². The number of ether oxygens (including phenoxy) is 1. The minimum absolute atomic E-state index is 0.00635. The molecule has 0 radical (unpaired) electrons. The third-order valence-corrected chi connectivity index (χ3v) is 17.0. The number of aliphatic carboxylic acids is 1. The van der Waals surface area contributed by atoms with Crippen molar-refractivity contribution in [3.63, 3.8) is 0 Å². The van der Waals surface area contributed by atoms with Crippen molar-refractivity contribution in [1.82, 2.24) is 47.4 Å². The van der Waals surface area contributed by atoms with Gasteiger partial charge >= 0.3 is 5.97 Å². The zero-order valence-electron chi connectivity index (χ0n) is 46.2.